The number of hydrogen-bond acceptors (Lipinski definition) is 1. The second-order valence-corrected chi connectivity index (χ2v) is 6.13. The Hall–Kier alpha value is -0.0400. The van der Waals surface area contributed by atoms with E-state index in [4.69, 9.17) is 4.74 Å². The van der Waals surface area contributed by atoms with Gasteiger partial charge < -0.3 is 4.74 Å². The van der Waals surface area contributed by atoms with E-state index in [-0.39, 0.29) is 5.60 Å². The van der Waals surface area contributed by atoms with Crippen LogP contribution in [0.5, 0.6) is 0 Å². The fourth-order valence-electron chi connectivity index (χ4n) is 2.22. The van der Waals surface area contributed by atoms with E-state index in [9.17, 15) is 0 Å². The molecule has 0 aliphatic heterocycles. The van der Waals surface area contributed by atoms with Crippen molar-refractivity contribution in [2.75, 3.05) is 6.61 Å². The number of hydrogen-bond donors (Lipinski definition) is 0. The van der Waals surface area contributed by atoms with Gasteiger partial charge in [0.25, 0.3) is 0 Å². The van der Waals surface area contributed by atoms with Crippen LogP contribution < -0.4 is 0 Å². The van der Waals surface area contributed by atoms with E-state index in [1.807, 2.05) is 0 Å². The van der Waals surface area contributed by atoms with Crippen LogP contribution in [0.25, 0.3) is 0 Å². The Bertz CT molecular complexity index is 159. The van der Waals surface area contributed by atoms with Gasteiger partial charge in [-0.25, -0.2) is 0 Å². The highest BCUT2D eigenvalue weighted by atomic mass is 16.5. The SMILES string of the molecule is CC(C)(C)OC[C]1CCCCCCCCC1. The highest BCUT2D eigenvalue weighted by Crippen LogP contribution is 2.24. The first-order valence-electron chi connectivity index (χ1n) is 7.05. The zero-order valence-electron chi connectivity index (χ0n) is 11.5. The van der Waals surface area contributed by atoms with Crippen LogP contribution in [-0.2, 0) is 4.74 Å². The van der Waals surface area contributed by atoms with Crippen LogP contribution in [0.15, 0.2) is 0 Å². The van der Waals surface area contributed by atoms with Crippen molar-refractivity contribution in [1.29, 1.82) is 0 Å². The summed E-state index contributed by atoms with van der Waals surface area (Å²) in [6.45, 7) is 7.33. The predicted molar refractivity (Wildman–Crippen MR) is 70.5 cm³/mol. The Kier molecular flexibility index (Phi) is 6.41. The minimum atomic E-state index is 0.0162. The summed E-state index contributed by atoms with van der Waals surface area (Å²) in [7, 11) is 0. The van der Waals surface area contributed by atoms with Gasteiger partial charge in [0, 0.05) is 5.92 Å². The number of ether oxygens (including phenoxy) is 1. The Morgan fingerprint density at radius 1 is 0.812 bits per heavy atom. The fraction of sp³-hybridized carbons (Fsp3) is 0.933. The van der Waals surface area contributed by atoms with Crippen molar-refractivity contribution in [2.45, 2.75) is 84.2 Å². The molecule has 1 nitrogen and oxygen atoms in total. The Morgan fingerprint density at radius 2 is 1.25 bits per heavy atom. The molecular formula is C15H29O. The summed E-state index contributed by atoms with van der Waals surface area (Å²) >= 11 is 0. The molecule has 1 fully saturated rings. The predicted octanol–water partition coefficient (Wildman–Crippen LogP) is 4.90. The van der Waals surface area contributed by atoms with Gasteiger partial charge in [0.2, 0.25) is 0 Å². The van der Waals surface area contributed by atoms with Gasteiger partial charge in [-0.2, -0.15) is 0 Å². The lowest BCUT2D eigenvalue weighted by Gasteiger charge is -2.24. The monoisotopic (exact) mass is 225 g/mol. The van der Waals surface area contributed by atoms with Crippen LogP contribution in [-0.4, -0.2) is 12.2 Å². The van der Waals surface area contributed by atoms with E-state index >= 15 is 0 Å². The van der Waals surface area contributed by atoms with Gasteiger partial charge in [0.1, 0.15) is 0 Å². The zero-order chi connectivity index (χ0) is 11.9. The van der Waals surface area contributed by atoms with Gasteiger partial charge in [-0.05, 0) is 33.6 Å². The van der Waals surface area contributed by atoms with E-state index < -0.39 is 0 Å². The molecule has 16 heavy (non-hydrogen) atoms. The molecule has 95 valence electrons. The molecule has 0 amide bonds. The van der Waals surface area contributed by atoms with Crippen LogP contribution in [0.3, 0.4) is 0 Å². The quantitative estimate of drug-likeness (QED) is 0.649. The first kappa shape index (κ1) is 14.0. The molecule has 0 spiro atoms. The van der Waals surface area contributed by atoms with Gasteiger partial charge in [-0.15, -0.1) is 0 Å². The van der Waals surface area contributed by atoms with Crippen LogP contribution in [0.4, 0.5) is 0 Å². The molecule has 0 heterocycles. The second kappa shape index (κ2) is 7.32. The second-order valence-electron chi connectivity index (χ2n) is 6.13. The third-order valence-electron chi connectivity index (χ3n) is 3.27. The Morgan fingerprint density at radius 3 is 1.69 bits per heavy atom. The van der Waals surface area contributed by atoms with E-state index in [1.165, 1.54) is 57.8 Å². The first-order valence-corrected chi connectivity index (χ1v) is 7.05. The maximum atomic E-state index is 5.90. The van der Waals surface area contributed by atoms with E-state index in [1.54, 1.807) is 5.92 Å². The topological polar surface area (TPSA) is 9.23 Å². The lowest BCUT2D eigenvalue weighted by atomic mass is 9.93. The van der Waals surface area contributed by atoms with Gasteiger partial charge >= 0.3 is 0 Å². The minimum absolute atomic E-state index is 0.0162. The molecule has 0 saturated heterocycles. The van der Waals surface area contributed by atoms with Crippen molar-refractivity contribution in [3.63, 3.8) is 0 Å². The van der Waals surface area contributed by atoms with Crippen LogP contribution in [0.1, 0.15) is 78.6 Å². The third-order valence-corrected chi connectivity index (χ3v) is 3.27. The maximum Gasteiger partial charge on any atom is 0.0598 e. The molecule has 1 aliphatic rings. The lowest BCUT2D eigenvalue weighted by molar-refractivity contribution is 0.000604. The average molecular weight is 225 g/mol. The highest BCUT2D eigenvalue weighted by molar-refractivity contribution is 4.90. The van der Waals surface area contributed by atoms with Gasteiger partial charge in [0.05, 0.1) is 12.2 Å². The standard InChI is InChI=1S/C15H29O/c1-15(2,3)16-13-14-11-9-7-5-4-6-8-10-12-14/h4-13H2,1-3H3. The summed E-state index contributed by atoms with van der Waals surface area (Å²) in [4.78, 5) is 0. The van der Waals surface area contributed by atoms with Crippen LogP contribution >= 0.6 is 0 Å². The molecule has 0 aromatic rings. The number of rotatable bonds is 2. The summed E-state index contributed by atoms with van der Waals surface area (Å²) in [5, 5.41) is 0. The van der Waals surface area contributed by atoms with Crippen molar-refractivity contribution in [1.82, 2.24) is 0 Å². The highest BCUT2D eigenvalue weighted by Gasteiger charge is 2.16. The van der Waals surface area contributed by atoms with Crippen molar-refractivity contribution < 1.29 is 4.74 Å². The van der Waals surface area contributed by atoms with Gasteiger partial charge in [-0.1, -0.05) is 44.9 Å². The van der Waals surface area contributed by atoms with E-state index in [2.05, 4.69) is 20.8 Å². The molecule has 1 heteroatoms. The largest absolute Gasteiger partial charge is 0.375 e. The van der Waals surface area contributed by atoms with Crippen LogP contribution in [0.2, 0.25) is 0 Å². The average Bonchev–Trinajstić information content (AvgIpc) is 2.22. The molecule has 1 saturated carbocycles. The molecule has 1 radical (unpaired) electrons. The van der Waals surface area contributed by atoms with Gasteiger partial charge in [-0.3, -0.25) is 0 Å². The summed E-state index contributed by atoms with van der Waals surface area (Å²) in [5.74, 6) is 1.65. The maximum absolute atomic E-state index is 5.90. The molecule has 0 bridgehead atoms. The summed E-state index contributed by atoms with van der Waals surface area (Å²) in [6, 6.07) is 0. The summed E-state index contributed by atoms with van der Waals surface area (Å²) in [6.07, 6.45) is 12.5. The summed E-state index contributed by atoms with van der Waals surface area (Å²) < 4.78 is 5.90. The van der Waals surface area contributed by atoms with E-state index in [0.29, 0.717) is 0 Å². The molecule has 0 N–H and O–H groups in total. The smallest absolute Gasteiger partial charge is 0.0598 e. The molecule has 0 unspecified atom stereocenters. The lowest BCUT2D eigenvalue weighted by Crippen LogP contribution is -2.23. The molecule has 0 aromatic carbocycles. The molecule has 1 aliphatic carbocycles. The van der Waals surface area contributed by atoms with Crippen molar-refractivity contribution >= 4 is 0 Å². The van der Waals surface area contributed by atoms with Gasteiger partial charge in [0.15, 0.2) is 0 Å². The Balaban J connectivity index is 2.25. The molecular weight excluding hydrogens is 196 g/mol. The Labute approximate surface area is 102 Å². The molecule has 0 atom stereocenters. The van der Waals surface area contributed by atoms with Crippen molar-refractivity contribution in [3.8, 4) is 0 Å². The molecule has 0 aromatic heterocycles. The fourth-order valence-corrected chi connectivity index (χ4v) is 2.22. The van der Waals surface area contributed by atoms with E-state index in [0.717, 1.165) is 6.61 Å². The third kappa shape index (κ3) is 7.27. The summed E-state index contributed by atoms with van der Waals surface area (Å²) in [5.41, 5.74) is 0.0162. The van der Waals surface area contributed by atoms with Crippen LogP contribution in [0, 0.1) is 5.92 Å². The normalized spacial score (nSPS) is 21.9. The van der Waals surface area contributed by atoms with Crippen molar-refractivity contribution in [3.05, 3.63) is 5.92 Å². The zero-order valence-corrected chi connectivity index (χ0v) is 11.5. The van der Waals surface area contributed by atoms with Crippen molar-refractivity contribution in [2.24, 2.45) is 0 Å². The first-order chi connectivity index (χ1) is 7.58. The minimum Gasteiger partial charge on any atom is -0.375 e. The molecule has 1 rings (SSSR count).